The van der Waals surface area contributed by atoms with Crippen LogP contribution in [0.4, 0.5) is 5.69 Å². The van der Waals surface area contributed by atoms with Crippen LogP contribution in [-0.4, -0.2) is 37.8 Å². The number of carboxylic acids is 1. The van der Waals surface area contributed by atoms with Crippen molar-refractivity contribution in [2.24, 2.45) is 0 Å². The van der Waals surface area contributed by atoms with E-state index in [2.05, 4.69) is 4.98 Å². The van der Waals surface area contributed by atoms with E-state index in [9.17, 15) is 24.8 Å². The summed E-state index contributed by atoms with van der Waals surface area (Å²) in [5.41, 5.74) is 2.99. The minimum Gasteiger partial charge on any atom is -0.480 e. The van der Waals surface area contributed by atoms with E-state index in [4.69, 9.17) is 0 Å². The lowest BCUT2D eigenvalue weighted by molar-refractivity contribution is -0.384. The van der Waals surface area contributed by atoms with Crippen molar-refractivity contribution < 1.29 is 19.6 Å². The highest BCUT2D eigenvalue weighted by Gasteiger charge is 2.42. The van der Waals surface area contributed by atoms with E-state index >= 15 is 0 Å². The van der Waals surface area contributed by atoms with Crippen LogP contribution in [0, 0.1) is 10.1 Å². The number of carbonyl (C=O) groups is 2. The Morgan fingerprint density at radius 3 is 2.46 bits per heavy atom. The van der Waals surface area contributed by atoms with Gasteiger partial charge in [-0.2, -0.15) is 0 Å². The third kappa shape index (κ3) is 2.70. The standard InChI is InChI=1S/C20H17N3O5/c1-11(24)22-17(20(25)26)10-15-14-4-2-3-5-16(14)21-18(15)19(22)12-6-8-13(9-7-12)23(27)28/h2-9,17,19,21H,10H2,1H3,(H,25,26)/t17-,19+/m1/s1. The summed E-state index contributed by atoms with van der Waals surface area (Å²) >= 11 is 0. The second-order valence-corrected chi connectivity index (χ2v) is 6.80. The second kappa shape index (κ2) is 6.49. The molecule has 2 aromatic carbocycles. The van der Waals surface area contributed by atoms with Gasteiger partial charge in [0.1, 0.15) is 6.04 Å². The summed E-state index contributed by atoms with van der Waals surface area (Å²) in [6.07, 6.45) is 0.192. The molecule has 1 aromatic heterocycles. The number of nitrogens with one attached hydrogen (secondary N) is 1. The van der Waals surface area contributed by atoms with Gasteiger partial charge in [-0.1, -0.05) is 18.2 Å². The molecule has 8 nitrogen and oxygen atoms in total. The lowest BCUT2D eigenvalue weighted by Gasteiger charge is -2.39. The molecule has 0 saturated carbocycles. The number of aliphatic carboxylic acids is 1. The molecular weight excluding hydrogens is 362 g/mol. The van der Waals surface area contributed by atoms with E-state index in [1.54, 1.807) is 12.1 Å². The van der Waals surface area contributed by atoms with E-state index in [0.717, 1.165) is 22.2 Å². The number of aromatic amines is 1. The zero-order valence-electron chi connectivity index (χ0n) is 15.0. The van der Waals surface area contributed by atoms with Gasteiger partial charge in [-0.05, 0) is 29.3 Å². The maximum Gasteiger partial charge on any atom is 0.326 e. The molecule has 142 valence electrons. The summed E-state index contributed by atoms with van der Waals surface area (Å²) in [5.74, 6) is -1.46. The van der Waals surface area contributed by atoms with Gasteiger partial charge < -0.3 is 15.0 Å². The molecule has 4 rings (SSSR count). The first-order valence-corrected chi connectivity index (χ1v) is 8.74. The molecule has 0 aliphatic carbocycles. The van der Waals surface area contributed by atoms with Crippen LogP contribution in [-0.2, 0) is 16.0 Å². The molecule has 8 heteroatoms. The Hall–Kier alpha value is -3.68. The minimum absolute atomic E-state index is 0.0689. The van der Waals surface area contributed by atoms with Crippen molar-refractivity contribution in [2.75, 3.05) is 0 Å². The number of carboxylic acid groups (broad SMARTS) is 1. The van der Waals surface area contributed by atoms with Gasteiger partial charge in [0.05, 0.1) is 11.0 Å². The van der Waals surface area contributed by atoms with E-state index < -0.39 is 23.0 Å². The number of benzene rings is 2. The van der Waals surface area contributed by atoms with Crippen molar-refractivity contribution in [1.82, 2.24) is 9.88 Å². The molecule has 3 aromatic rings. The van der Waals surface area contributed by atoms with E-state index in [1.165, 1.54) is 24.0 Å². The third-order valence-corrected chi connectivity index (χ3v) is 5.20. The van der Waals surface area contributed by atoms with Gasteiger partial charge in [-0.15, -0.1) is 0 Å². The van der Waals surface area contributed by atoms with Crippen molar-refractivity contribution in [3.05, 3.63) is 75.5 Å². The Kier molecular flexibility index (Phi) is 4.11. The number of H-pyrrole nitrogens is 1. The third-order valence-electron chi connectivity index (χ3n) is 5.20. The van der Waals surface area contributed by atoms with Crippen molar-refractivity contribution in [3.63, 3.8) is 0 Å². The molecular formula is C20H17N3O5. The number of hydrogen-bond donors (Lipinski definition) is 2. The Balaban J connectivity index is 1.95. The minimum atomic E-state index is -1.09. The van der Waals surface area contributed by atoms with Crippen molar-refractivity contribution in [3.8, 4) is 0 Å². The molecule has 2 N–H and O–H groups in total. The molecule has 1 aliphatic rings. The maximum absolute atomic E-state index is 12.4. The fraction of sp³-hybridized carbons (Fsp3) is 0.200. The molecule has 0 fully saturated rings. The van der Waals surface area contributed by atoms with Gasteiger partial charge in [0.15, 0.2) is 0 Å². The van der Waals surface area contributed by atoms with Gasteiger partial charge >= 0.3 is 5.97 Å². The molecule has 0 saturated heterocycles. The summed E-state index contributed by atoms with van der Waals surface area (Å²) in [6, 6.07) is 11.7. The zero-order chi connectivity index (χ0) is 20.0. The number of nitro benzene ring substituents is 1. The monoisotopic (exact) mass is 379 g/mol. The molecule has 2 atom stereocenters. The number of nitro groups is 1. The average Bonchev–Trinajstić information content (AvgIpc) is 3.04. The van der Waals surface area contributed by atoms with Crippen LogP contribution in [0.25, 0.3) is 10.9 Å². The number of rotatable bonds is 3. The van der Waals surface area contributed by atoms with Crippen LogP contribution < -0.4 is 0 Å². The number of fused-ring (bicyclic) bond motifs is 3. The summed E-state index contributed by atoms with van der Waals surface area (Å²) in [5, 5.41) is 21.7. The summed E-state index contributed by atoms with van der Waals surface area (Å²) in [4.78, 5) is 39.5. The van der Waals surface area contributed by atoms with Gasteiger partial charge in [-0.3, -0.25) is 14.9 Å². The summed E-state index contributed by atoms with van der Waals surface area (Å²) < 4.78 is 0. The van der Waals surface area contributed by atoms with Gasteiger partial charge in [0.25, 0.3) is 5.69 Å². The van der Waals surface area contributed by atoms with Crippen molar-refractivity contribution >= 4 is 28.5 Å². The second-order valence-electron chi connectivity index (χ2n) is 6.80. The Morgan fingerprint density at radius 2 is 1.86 bits per heavy atom. The van der Waals surface area contributed by atoms with Crippen LogP contribution >= 0.6 is 0 Å². The molecule has 0 bridgehead atoms. The number of carbonyl (C=O) groups excluding carboxylic acids is 1. The van der Waals surface area contributed by atoms with Crippen molar-refractivity contribution in [2.45, 2.75) is 25.4 Å². The van der Waals surface area contributed by atoms with Crippen LogP contribution in [0.3, 0.4) is 0 Å². The fourth-order valence-electron chi connectivity index (χ4n) is 4.00. The number of amides is 1. The lowest BCUT2D eigenvalue weighted by atomic mass is 9.88. The molecule has 1 amide bonds. The van der Waals surface area contributed by atoms with Crippen LogP contribution in [0.2, 0.25) is 0 Å². The summed E-state index contributed by atoms with van der Waals surface area (Å²) in [6.45, 7) is 1.34. The van der Waals surface area contributed by atoms with Gasteiger partial charge in [0, 0.05) is 42.1 Å². The normalized spacial score (nSPS) is 18.7. The highest BCUT2D eigenvalue weighted by Crippen LogP contribution is 2.41. The number of aromatic nitrogens is 1. The Bertz CT molecular complexity index is 1100. The van der Waals surface area contributed by atoms with E-state index in [0.29, 0.717) is 5.56 Å². The molecule has 1 aliphatic heterocycles. The lowest BCUT2D eigenvalue weighted by Crippen LogP contribution is -2.50. The van der Waals surface area contributed by atoms with E-state index in [-0.39, 0.29) is 18.0 Å². The first-order chi connectivity index (χ1) is 13.4. The predicted molar refractivity (Wildman–Crippen MR) is 101 cm³/mol. The molecule has 2 heterocycles. The number of hydrogen-bond acceptors (Lipinski definition) is 4. The smallest absolute Gasteiger partial charge is 0.326 e. The number of non-ortho nitro benzene ring substituents is 1. The van der Waals surface area contributed by atoms with Crippen LogP contribution in [0.15, 0.2) is 48.5 Å². The first-order valence-electron chi connectivity index (χ1n) is 8.74. The Morgan fingerprint density at radius 1 is 1.18 bits per heavy atom. The molecule has 28 heavy (non-hydrogen) atoms. The fourth-order valence-corrected chi connectivity index (χ4v) is 4.00. The quantitative estimate of drug-likeness (QED) is 0.536. The average molecular weight is 379 g/mol. The zero-order valence-corrected chi connectivity index (χ0v) is 15.0. The first kappa shape index (κ1) is 17.7. The maximum atomic E-state index is 12.4. The van der Waals surface area contributed by atoms with Gasteiger partial charge in [-0.25, -0.2) is 4.79 Å². The van der Waals surface area contributed by atoms with Crippen molar-refractivity contribution in [1.29, 1.82) is 0 Å². The SMILES string of the molecule is CC(=O)N1[C@@H](c2ccc([N+](=O)[O-])cc2)c2[nH]c3ccccc3c2C[C@@H]1C(=O)O. The summed E-state index contributed by atoms with van der Waals surface area (Å²) in [7, 11) is 0. The number of nitrogens with zero attached hydrogens (tertiary/aromatic N) is 2. The molecule has 0 unspecified atom stereocenters. The van der Waals surface area contributed by atoms with Crippen LogP contribution in [0.5, 0.6) is 0 Å². The topological polar surface area (TPSA) is 117 Å². The Labute approximate surface area is 159 Å². The van der Waals surface area contributed by atoms with E-state index in [1.807, 2.05) is 24.3 Å². The molecule has 0 radical (unpaired) electrons. The van der Waals surface area contributed by atoms with Crippen LogP contribution in [0.1, 0.15) is 29.8 Å². The number of para-hydroxylation sites is 1. The highest BCUT2D eigenvalue weighted by molar-refractivity contribution is 5.90. The molecule has 0 spiro atoms. The van der Waals surface area contributed by atoms with Gasteiger partial charge in [0.2, 0.25) is 5.91 Å². The highest BCUT2D eigenvalue weighted by atomic mass is 16.6. The predicted octanol–water partition coefficient (Wildman–Crippen LogP) is 3.02. The largest absolute Gasteiger partial charge is 0.480 e.